The molecule has 4 nitrogen and oxygen atoms in total. The first-order chi connectivity index (χ1) is 13.8. The Balaban J connectivity index is 0.00000116. The van der Waals surface area contributed by atoms with Gasteiger partial charge in [-0.25, -0.2) is 0 Å². The lowest BCUT2D eigenvalue weighted by molar-refractivity contribution is 0.00818. The van der Waals surface area contributed by atoms with E-state index >= 15 is 0 Å². The average molecular weight is 407 g/mol. The number of carbonyl (C=O) groups is 1. The molecule has 0 unspecified atom stereocenters. The number of alkyl halides is 3. The molecule has 0 bridgehead atoms. The molecule has 1 aromatic carbocycles. The largest absolute Gasteiger partial charge is 0.379 e. The molecule has 1 amide bonds. The summed E-state index contributed by atoms with van der Waals surface area (Å²) in [5, 5.41) is 0. The quantitative estimate of drug-likeness (QED) is 0.635. The van der Waals surface area contributed by atoms with Crippen molar-refractivity contribution in [2.45, 2.75) is 20.1 Å². The normalized spacial score (nSPS) is 10.3. The number of rotatable bonds is 5. The maximum atomic E-state index is 12.1. The molecule has 1 aromatic heterocycles. The summed E-state index contributed by atoms with van der Waals surface area (Å²) in [6.45, 7) is 5.14. The van der Waals surface area contributed by atoms with Crippen molar-refractivity contribution >= 4 is 11.6 Å². The van der Waals surface area contributed by atoms with Gasteiger partial charge in [0.15, 0.2) is 0 Å². The van der Waals surface area contributed by atoms with Gasteiger partial charge in [0.25, 0.3) is 5.91 Å². The van der Waals surface area contributed by atoms with E-state index in [1.165, 1.54) is 10.5 Å². The number of hydrogen-bond donors (Lipinski definition) is 0. The third-order valence-corrected chi connectivity index (χ3v) is 3.63. The van der Waals surface area contributed by atoms with Gasteiger partial charge in [-0.05, 0) is 24.6 Å². The summed E-state index contributed by atoms with van der Waals surface area (Å²) in [6.07, 6.45) is 3.74. The van der Waals surface area contributed by atoms with E-state index in [0.29, 0.717) is 5.69 Å². The smallest absolute Gasteiger partial charge is 0.370 e. The zero-order valence-electron chi connectivity index (χ0n) is 17.3. The highest BCUT2D eigenvalue weighted by molar-refractivity contribution is 5.92. The summed E-state index contributed by atoms with van der Waals surface area (Å²) < 4.78 is 29.0. The van der Waals surface area contributed by atoms with Crippen LogP contribution in [0.25, 0.3) is 5.70 Å². The Morgan fingerprint density at radius 2 is 1.66 bits per heavy atom. The molecule has 29 heavy (non-hydrogen) atoms. The Labute approximate surface area is 171 Å². The number of carbonyl (C=O) groups excluding carboxylic acids is 1. The van der Waals surface area contributed by atoms with Crippen LogP contribution >= 0.6 is 0 Å². The molecule has 0 atom stereocenters. The Bertz CT molecular complexity index is 762. The summed E-state index contributed by atoms with van der Waals surface area (Å²) in [4.78, 5) is 20.0. The fourth-order valence-electron chi connectivity index (χ4n) is 2.49. The van der Waals surface area contributed by atoms with Gasteiger partial charge in [-0.3, -0.25) is 9.78 Å². The maximum absolute atomic E-state index is 12.1. The molecule has 0 saturated carbocycles. The minimum absolute atomic E-state index is 0.0898. The van der Waals surface area contributed by atoms with Crippen LogP contribution in [0.1, 0.15) is 28.5 Å². The van der Waals surface area contributed by atoms with Crippen molar-refractivity contribution in [2.24, 2.45) is 0 Å². The Kier molecular flexibility index (Phi) is 12.5. The molecule has 7 heteroatoms. The second kappa shape index (κ2) is 14.0. The summed E-state index contributed by atoms with van der Waals surface area (Å²) in [7, 11) is 5.51. The molecule has 2 rings (SSSR count). The summed E-state index contributed by atoms with van der Waals surface area (Å²) in [5.74, 6) is -0.0898. The fraction of sp³-hybridized carbons (Fsp3) is 0.273. The van der Waals surface area contributed by atoms with E-state index in [2.05, 4.69) is 48.3 Å². The van der Waals surface area contributed by atoms with Gasteiger partial charge in [-0.15, -0.1) is 13.2 Å². The summed E-state index contributed by atoms with van der Waals surface area (Å²) in [5.41, 5.74) is 3.77. The molecule has 0 saturated heterocycles. The lowest BCUT2D eigenvalue weighted by Gasteiger charge is -2.23. The van der Waals surface area contributed by atoms with Gasteiger partial charge in [0.2, 0.25) is 0 Å². The average Bonchev–Trinajstić information content (AvgIpc) is 2.70. The monoisotopic (exact) mass is 407 g/mol. The van der Waals surface area contributed by atoms with Gasteiger partial charge < -0.3 is 9.80 Å². The van der Waals surface area contributed by atoms with Crippen molar-refractivity contribution < 1.29 is 18.0 Å². The van der Waals surface area contributed by atoms with Crippen molar-refractivity contribution in [2.75, 3.05) is 21.1 Å². The Hall–Kier alpha value is -3.09. The van der Waals surface area contributed by atoms with E-state index in [1.807, 2.05) is 37.3 Å². The zero-order chi connectivity index (χ0) is 22.4. The van der Waals surface area contributed by atoms with Crippen LogP contribution in [0.15, 0.2) is 67.9 Å². The van der Waals surface area contributed by atoms with Gasteiger partial charge in [-0.2, -0.15) is 13.2 Å². The number of amides is 1. The van der Waals surface area contributed by atoms with Crippen LogP contribution in [-0.2, 0) is 6.54 Å². The van der Waals surface area contributed by atoms with Crippen LogP contribution in [0.4, 0.5) is 13.2 Å². The first kappa shape index (κ1) is 25.9. The number of halogens is 3. The molecule has 1 heterocycles. The van der Waals surface area contributed by atoms with Gasteiger partial charge in [0.05, 0.1) is 0 Å². The fourth-order valence-corrected chi connectivity index (χ4v) is 2.49. The summed E-state index contributed by atoms with van der Waals surface area (Å²) in [6, 6.07) is 14.1. The first-order valence-electron chi connectivity index (χ1n) is 8.78. The van der Waals surface area contributed by atoms with Gasteiger partial charge in [0.1, 0.15) is 5.69 Å². The zero-order valence-corrected chi connectivity index (χ0v) is 17.3. The van der Waals surface area contributed by atoms with Crippen LogP contribution < -0.4 is 0 Å². The highest BCUT2D eigenvalue weighted by Gasteiger charge is 2.13. The van der Waals surface area contributed by atoms with Crippen LogP contribution in [0.3, 0.4) is 0 Å². The predicted octanol–water partition coefficient (Wildman–Crippen LogP) is 5.26. The van der Waals surface area contributed by atoms with Crippen molar-refractivity contribution in [3.63, 3.8) is 0 Å². The van der Waals surface area contributed by atoms with E-state index in [0.717, 1.165) is 17.8 Å². The van der Waals surface area contributed by atoms with E-state index in [1.54, 1.807) is 20.3 Å². The number of allylic oxidation sites excluding steroid dienone is 1. The number of pyridine rings is 1. The van der Waals surface area contributed by atoms with Gasteiger partial charge in [-0.1, -0.05) is 36.4 Å². The third-order valence-electron chi connectivity index (χ3n) is 3.63. The lowest BCUT2D eigenvalue weighted by atomic mass is 10.1. The number of aromatic nitrogens is 1. The number of hydrogen-bond acceptors (Lipinski definition) is 3. The molecular weight excluding hydrogens is 379 g/mol. The predicted molar refractivity (Wildman–Crippen MR) is 112 cm³/mol. The Morgan fingerprint density at radius 3 is 2.14 bits per heavy atom. The second-order valence-corrected chi connectivity index (χ2v) is 5.89. The number of nitrogens with zero attached hydrogens (tertiary/aromatic N) is 3. The van der Waals surface area contributed by atoms with Crippen molar-refractivity contribution in [3.8, 4) is 0 Å². The molecule has 0 aliphatic heterocycles. The van der Waals surface area contributed by atoms with Crippen LogP contribution in [0, 0.1) is 0 Å². The van der Waals surface area contributed by atoms with E-state index in [4.69, 9.17) is 0 Å². The summed E-state index contributed by atoms with van der Waals surface area (Å²) >= 11 is 0. The minimum atomic E-state index is -3.67. The molecule has 0 aliphatic rings. The molecule has 158 valence electrons. The van der Waals surface area contributed by atoms with Crippen LogP contribution in [-0.4, -0.2) is 48.5 Å². The van der Waals surface area contributed by atoms with Crippen LogP contribution in [0.5, 0.6) is 0 Å². The van der Waals surface area contributed by atoms with Gasteiger partial charge >= 0.3 is 6.68 Å². The molecule has 0 aliphatic carbocycles. The van der Waals surface area contributed by atoms with Crippen LogP contribution in [0.2, 0.25) is 0 Å². The maximum Gasteiger partial charge on any atom is 0.379 e. The minimum Gasteiger partial charge on any atom is -0.370 e. The molecule has 2 aromatic rings. The van der Waals surface area contributed by atoms with Crippen molar-refractivity contribution in [3.05, 3.63) is 84.7 Å². The van der Waals surface area contributed by atoms with E-state index in [-0.39, 0.29) is 5.91 Å². The van der Waals surface area contributed by atoms with Crippen molar-refractivity contribution in [1.29, 1.82) is 0 Å². The third kappa shape index (κ3) is 9.60. The van der Waals surface area contributed by atoms with Crippen molar-refractivity contribution in [1.82, 2.24) is 14.8 Å². The standard InChI is InChI=1S/C19H23N3O.C2H4.CHF3/c1-5-18(22(4)14-15-9-7-6-8-10-15)16-11-12-20-17(13-16)19(23)21(2)3;1-2;2-1(3)4/h5-13H,14H2,1-4H3;1-2H2;1H/b18-5-;;. The SMILES string of the molecule is C/C=C(/c1ccnc(C(=O)N(C)C)c1)N(C)Cc1ccccc1.C=C.FC(F)F. The molecule has 0 fully saturated rings. The highest BCUT2D eigenvalue weighted by atomic mass is 19.4. The van der Waals surface area contributed by atoms with Gasteiger partial charge in [0, 0.05) is 45.1 Å². The molecular formula is C22H28F3N3O. The highest BCUT2D eigenvalue weighted by Crippen LogP contribution is 2.20. The second-order valence-electron chi connectivity index (χ2n) is 5.89. The number of benzene rings is 1. The molecule has 0 N–H and O–H groups in total. The topological polar surface area (TPSA) is 36.4 Å². The van der Waals surface area contributed by atoms with E-state index in [9.17, 15) is 18.0 Å². The lowest BCUT2D eigenvalue weighted by Crippen LogP contribution is -2.23. The van der Waals surface area contributed by atoms with E-state index < -0.39 is 6.68 Å². The molecule has 0 spiro atoms. The first-order valence-corrected chi connectivity index (χ1v) is 8.78. The Morgan fingerprint density at radius 1 is 1.10 bits per heavy atom. The molecule has 0 radical (unpaired) electrons.